The van der Waals surface area contributed by atoms with Crippen molar-refractivity contribution < 1.29 is 4.79 Å². The summed E-state index contributed by atoms with van der Waals surface area (Å²) in [6, 6.07) is 0. The van der Waals surface area contributed by atoms with Gasteiger partial charge in [0.25, 0.3) is 0 Å². The molecular weight excluding hydrogens is 338 g/mol. The third-order valence-electron chi connectivity index (χ3n) is 4.02. The van der Waals surface area contributed by atoms with Crippen molar-refractivity contribution in [1.29, 1.82) is 5.26 Å². The summed E-state index contributed by atoms with van der Waals surface area (Å²) in [5.41, 5.74) is 2.15. The Bertz CT molecular complexity index is 637. The van der Waals surface area contributed by atoms with Gasteiger partial charge in [-0.15, -0.1) is 0 Å². The number of hydrogen-bond acceptors (Lipinski definition) is 5. The van der Waals surface area contributed by atoms with E-state index in [4.69, 9.17) is 5.26 Å². The smallest absolute Gasteiger partial charge is 0.223 e. The molecule has 2 rings (SSSR count). The van der Waals surface area contributed by atoms with Crippen LogP contribution in [-0.2, 0) is 10.5 Å². The first-order chi connectivity index (χ1) is 12.1. The maximum absolute atomic E-state index is 11.7. The molecule has 2 atom stereocenters. The van der Waals surface area contributed by atoms with Crippen LogP contribution in [0.4, 0.5) is 0 Å². The topological polar surface area (TPSA) is 118 Å². The number of nitriles is 1. The lowest BCUT2D eigenvalue weighted by molar-refractivity contribution is -0.122. The minimum absolute atomic E-state index is 0.117. The zero-order chi connectivity index (χ0) is 18.1. The molecule has 0 spiro atoms. The van der Waals surface area contributed by atoms with Crippen LogP contribution in [0.25, 0.3) is 0 Å². The van der Waals surface area contributed by atoms with Crippen molar-refractivity contribution in [2.45, 2.75) is 26.0 Å². The highest BCUT2D eigenvalue weighted by atomic mass is 32.2. The van der Waals surface area contributed by atoms with Gasteiger partial charge in [-0.05, 0) is 19.3 Å². The lowest BCUT2D eigenvalue weighted by Gasteiger charge is -2.09. The summed E-state index contributed by atoms with van der Waals surface area (Å²) in [7, 11) is 0. The number of aromatic amines is 1. The number of aryl methyl sites for hydroxylation is 1. The second-order valence-corrected chi connectivity index (χ2v) is 7.14. The summed E-state index contributed by atoms with van der Waals surface area (Å²) in [5, 5.41) is 17.2. The van der Waals surface area contributed by atoms with Crippen molar-refractivity contribution in [3.05, 3.63) is 17.7 Å². The fourth-order valence-electron chi connectivity index (χ4n) is 2.30. The number of nitrogens with one attached hydrogen (secondary N) is 4. The molecule has 0 radical (unpaired) electrons. The number of carbonyl (C=O) groups is 1. The summed E-state index contributed by atoms with van der Waals surface area (Å²) in [6.07, 6.45) is 4.55. The maximum atomic E-state index is 11.7. The van der Waals surface area contributed by atoms with Crippen LogP contribution in [0.5, 0.6) is 0 Å². The molecule has 1 aromatic heterocycles. The van der Waals surface area contributed by atoms with Crippen LogP contribution < -0.4 is 16.0 Å². The van der Waals surface area contributed by atoms with E-state index in [1.165, 1.54) is 0 Å². The van der Waals surface area contributed by atoms with Crippen LogP contribution in [0.1, 0.15) is 24.7 Å². The molecule has 1 fully saturated rings. The summed E-state index contributed by atoms with van der Waals surface area (Å²) in [6.45, 7) is 5.72. The Kier molecular flexibility index (Phi) is 7.60. The molecule has 4 N–H and O–H groups in total. The van der Waals surface area contributed by atoms with Gasteiger partial charge in [-0.3, -0.25) is 15.1 Å². The lowest BCUT2D eigenvalue weighted by atomic mass is 10.3. The Morgan fingerprint density at radius 1 is 1.52 bits per heavy atom. The molecule has 1 heterocycles. The Hall–Kier alpha value is -2.21. The van der Waals surface area contributed by atoms with E-state index >= 15 is 0 Å². The molecule has 0 aliphatic heterocycles. The van der Waals surface area contributed by atoms with Crippen LogP contribution in [-0.4, -0.2) is 47.2 Å². The zero-order valence-electron chi connectivity index (χ0n) is 14.6. The minimum Gasteiger partial charge on any atom is -0.354 e. The summed E-state index contributed by atoms with van der Waals surface area (Å²) >= 11 is 1.74. The maximum Gasteiger partial charge on any atom is 0.223 e. The van der Waals surface area contributed by atoms with E-state index in [-0.39, 0.29) is 11.8 Å². The highest BCUT2D eigenvalue weighted by Gasteiger charge is 2.38. The molecular formula is C16H25N7OS. The van der Waals surface area contributed by atoms with Crippen molar-refractivity contribution in [1.82, 2.24) is 25.9 Å². The molecule has 136 valence electrons. The van der Waals surface area contributed by atoms with Crippen LogP contribution in [0.3, 0.4) is 0 Å². The molecule has 2 unspecified atom stereocenters. The normalized spacial score (nSPS) is 19.2. The predicted octanol–water partition coefficient (Wildman–Crippen LogP) is 0.740. The number of imidazole rings is 1. The lowest BCUT2D eigenvalue weighted by Crippen LogP contribution is -2.40. The molecule has 0 aromatic carbocycles. The van der Waals surface area contributed by atoms with Crippen molar-refractivity contribution in [3.63, 3.8) is 0 Å². The van der Waals surface area contributed by atoms with E-state index in [2.05, 4.69) is 37.8 Å². The Morgan fingerprint density at radius 3 is 2.92 bits per heavy atom. The van der Waals surface area contributed by atoms with Crippen molar-refractivity contribution in [2.75, 3.05) is 25.4 Å². The third kappa shape index (κ3) is 6.66. The van der Waals surface area contributed by atoms with E-state index in [1.807, 2.05) is 13.1 Å². The molecule has 1 aromatic rings. The van der Waals surface area contributed by atoms with E-state index < -0.39 is 0 Å². The van der Waals surface area contributed by atoms with Crippen molar-refractivity contribution in [2.24, 2.45) is 16.8 Å². The van der Waals surface area contributed by atoms with E-state index in [9.17, 15) is 4.79 Å². The van der Waals surface area contributed by atoms with Crippen LogP contribution >= 0.6 is 11.8 Å². The predicted molar refractivity (Wildman–Crippen MR) is 98.8 cm³/mol. The monoisotopic (exact) mass is 363 g/mol. The van der Waals surface area contributed by atoms with Gasteiger partial charge in [0.1, 0.15) is 0 Å². The largest absolute Gasteiger partial charge is 0.354 e. The summed E-state index contributed by atoms with van der Waals surface area (Å²) < 4.78 is 0. The summed E-state index contributed by atoms with van der Waals surface area (Å²) in [4.78, 5) is 23.4. The molecule has 9 heteroatoms. The van der Waals surface area contributed by atoms with Gasteiger partial charge in [0.15, 0.2) is 6.19 Å². The number of rotatable bonds is 9. The van der Waals surface area contributed by atoms with Crippen molar-refractivity contribution in [3.8, 4) is 6.19 Å². The highest BCUT2D eigenvalue weighted by molar-refractivity contribution is 7.98. The zero-order valence-corrected chi connectivity index (χ0v) is 15.4. The minimum atomic E-state index is 0.117. The molecule has 0 bridgehead atoms. The first-order valence-corrected chi connectivity index (χ1v) is 9.55. The first kappa shape index (κ1) is 19.1. The quantitative estimate of drug-likeness (QED) is 0.169. The van der Waals surface area contributed by atoms with Gasteiger partial charge in [0, 0.05) is 36.2 Å². The average molecular weight is 363 g/mol. The van der Waals surface area contributed by atoms with E-state index in [1.54, 1.807) is 18.1 Å². The number of aliphatic imine (C=N–C) groups is 1. The average Bonchev–Trinajstić information content (AvgIpc) is 3.19. The van der Waals surface area contributed by atoms with Gasteiger partial charge in [-0.1, -0.05) is 6.92 Å². The number of guanidine groups is 1. The van der Waals surface area contributed by atoms with Gasteiger partial charge in [-0.25, -0.2) is 4.98 Å². The number of thioether (sulfide) groups is 1. The number of H-pyrrole nitrogens is 1. The fraction of sp³-hybridized carbons (Fsp3) is 0.625. The number of amides is 1. The molecule has 1 saturated carbocycles. The van der Waals surface area contributed by atoms with Crippen LogP contribution in [0.15, 0.2) is 11.3 Å². The first-order valence-electron chi connectivity index (χ1n) is 8.39. The molecule has 1 amide bonds. The second-order valence-electron chi connectivity index (χ2n) is 6.03. The van der Waals surface area contributed by atoms with E-state index in [0.717, 1.165) is 29.3 Å². The molecule has 8 nitrogen and oxygen atoms in total. The standard InChI is InChI=1S/C16H25N7OS/c1-11-7-13(11)15(24)18-3-4-19-16(21-9-17)20-5-6-25-8-14-12(2)22-10-23-14/h10-11,13H,3-8H2,1-2H3,(H,18,24)(H,22,23)(H2,19,20,21). The van der Waals surface area contributed by atoms with Crippen molar-refractivity contribution >= 4 is 23.6 Å². The van der Waals surface area contributed by atoms with Gasteiger partial charge >= 0.3 is 0 Å². The van der Waals surface area contributed by atoms with Gasteiger partial charge in [0.05, 0.1) is 18.6 Å². The SMILES string of the molecule is Cc1[nH]cnc1CSCCN=C(NC#N)NCCNC(=O)C1CC1C. The Balaban J connectivity index is 1.59. The van der Waals surface area contributed by atoms with Crippen LogP contribution in [0, 0.1) is 30.2 Å². The van der Waals surface area contributed by atoms with Gasteiger partial charge < -0.3 is 15.6 Å². The molecule has 25 heavy (non-hydrogen) atoms. The molecule has 1 aliphatic rings. The number of aromatic nitrogens is 2. The number of nitrogens with zero attached hydrogens (tertiary/aromatic N) is 3. The Labute approximate surface area is 152 Å². The fourth-order valence-corrected chi connectivity index (χ4v) is 3.15. The number of hydrogen-bond donors (Lipinski definition) is 4. The van der Waals surface area contributed by atoms with Gasteiger partial charge in [-0.2, -0.15) is 17.0 Å². The second kappa shape index (κ2) is 9.93. The number of carbonyl (C=O) groups excluding carboxylic acids is 1. The highest BCUT2D eigenvalue weighted by Crippen LogP contribution is 2.37. The molecule has 0 saturated heterocycles. The van der Waals surface area contributed by atoms with E-state index in [0.29, 0.717) is 31.5 Å². The Morgan fingerprint density at radius 2 is 2.28 bits per heavy atom. The molecule has 1 aliphatic carbocycles. The van der Waals surface area contributed by atoms with Gasteiger partial charge in [0.2, 0.25) is 11.9 Å². The third-order valence-corrected chi connectivity index (χ3v) is 4.96. The van der Waals surface area contributed by atoms with Crippen LogP contribution in [0.2, 0.25) is 0 Å². The summed E-state index contributed by atoms with van der Waals surface area (Å²) in [5.74, 6) is 2.92.